The van der Waals surface area contributed by atoms with E-state index < -0.39 is 0 Å². The summed E-state index contributed by atoms with van der Waals surface area (Å²) in [5.41, 5.74) is 2.34. The zero-order valence-corrected chi connectivity index (χ0v) is 16.8. The Balaban J connectivity index is 1.65. The highest BCUT2D eigenvalue weighted by molar-refractivity contribution is 6.31. The molecule has 0 atom stereocenters. The summed E-state index contributed by atoms with van der Waals surface area (Å²) in [6.45, 7) is 6.41. The third-order valence-corrected chi connectivity index (χ3v) is 5.01. The number of aromatic nitrogens is 2. The molecule has 0 saturated carbocycles. The van der Waals surface area contributed by atoms with Gasteiger partial charge in [-0.25, -0.2) is 9.48 Å². The molecule has 3 amide bonds. The number of nitrogens with one attached hydrogen (secondary N) is 1. The van der Waals surface area contributed by atoms with Crippen LogP contribution in [0, 0.1) is 6.92 Å². The molecule has 1 fully saturated rings. The maximum Gasteiger partial charge on any atom is 0.317 e. The average Bonchev–Trinajstić information content (AvgIpc) is 3.00. The van der Waals surface area contributed by atoms with Crippen molar-refractivity contribution in [2.75, 3.05) is 32.7 Å². The number of piperazine rings is 1. The Bertz CT molecular complexity index is 870. The predicted octanol–water partition coefficient (Wildman–Crippen LogP) is 2.72. The Kier molecular flexibility index (Phi) is 6.36. The van der Waals surface area contributed by atoms with Crippen molar-refractivity contribution in [1.82, 2.24) is 24.9 Å². The lowest BCUT2D eigenvalue weighted by atomic mass is 10.2. The van der Waals surface area contributed by atoms with Crippen molar-refractivity contribution >= 4 is 29.6 Å². The van der Waals surface area contributed by atoms with Gasteiger partial charge in [-0.15, -0.1) is 0 Å². The SMILES string of the molecule is CCNC(=O)N1CCN(C(=O)C=Cc2c(C)nn(-c3ccccc3)c2Cl)CC1. The zero-order chi connectivity index (χ0) is 20.1. The fourth-order valence-electron chi connectivity index (χ4n) is 3.09. The van der Waals surface area contributed by atoms with Crippen LogP contribution in [0.25, 0.3) is 11.8 Å². The number of carbonyl (C=O) groups excluding carboxylic acids is 2. The number of hydrogen-bond acceptors (Lipinski definition) is 3. The molecule has 1 aromatic heterocycles. The fourth-order valence-corrected chi connectivity index (χ4v) is 3.43. The molecule has 2 heterocycles. The van der Waals surface area contributed by atoms with Crippen molar-refractivity contribution in [1.29, 1.82) is 0 Å². The number of hydrogen-bond donors (Lipinski definition) is 1. The van der Waals surface area contributed by atoms with E-state index in [0.29, 0.717) is 37.9 Å². The maximum atomic E-state index is 12.5. The first-order chi connectivity index (χ1) is 13.5. The smallest absolute Gasteiger partial charge is 0.317 e. The van der Waals surface area contributed by atoms with Crippen molar-refractivity contribution in [2.45, 2.75) is 13.8 Å². The Hall–Kier alpha value is -2.80. The van der Waals surface area contributed by atoms with Crippen LogP contribution in [0.3, 0.4) is 0 Å². The van der Waals surface area contributed by atoms with Crippen LogP contribution >= 0.6 is 11.6 Å². The number of carbonyl (C=O) groups is 2. The third-order valence-electron chi connectivity index (χ3n) is 4.65. The Morgan fingerprint density at radius 2 is 1.79 bits per heavy atom. The van der Waals surface area contributed by atoms with Crippen LogP contribution in [-0.4, -0.2) is 64.2 Å². The summed E-state index contributed by atoms with van der Waals surface area (Å²) in [6, 6.07) is 9.53. The highest BCUT2D eigenvalue weighted by Gasteiger charge is 2.22. The van der Waals surface area contributed by atoms with E-state index in [1.165, 1.54) is 6.08 Å². The topological polar surface area (TPSA) is 70.5 Å². The van der Waals surface area contributed by atoms with Gasteiger partial charge in [0.05, 0.1) is 11.4 Å². The number of urea groups is 1. The van der Waals surface area contributed by atoms with Gasteiger partial charge in [-0.1, -0.05) is 29.8 Å². The van der Waals surface area contributed by atoms with Crippen LogP contribution in [0.1, 0.15) is 18.2 Å². The first-order valence-electron chi connectivity index (χ1n) is 9.31. The molecule has 0 radical (unpaired) electrons. The van der Waals surface area contributed by atoms with Crippen molar-refractivity contribution in [2.24, 2.45) is 0 Å². The van der Waals surface area contributed by atoms with E-state index in [4.69, 9.17) is 11.6 Å². The summed E-state index contributed by atoms with van der Waals surface area (Å²) in [6.07, 6.45) is 3.23. The third kappa shape index (κ3) is 4.36. The van der Waals surface area contributed by atoms with Gasteiger partial charge in [0.25, 0.3) is 0 Å². The van der Waals surface area contributed by atoms with Crippen molar-refractivity contribution in [3.63, 3.8) is 0 Å². The number of amides is 3. The van der Waals surface area contributed by atoms with Gasteiger partial charge in [0.1, 0.15) is 5.15 Å². The molecule has 7 nitrogen and oxygen atoms in total. The molecule has 0 spiro atoms. The normalized spacial score (nSPS) is 14.5. The fraction of sp³-hybridized carbons (Fsp3) is 0.350. The van der Waals surface area contributed by atoms with E-state index in [2.05, 4.69) is 10.4 Å². The molecule has 0 aliphatic carbocycles. The monoisotopic (exact) mass is 401 g/mol. The van der Waals surface area contributed by atoms with E-state index in [-0.39, 0.29) is 11.9 Å². The van der Waals surface area contributed by atoms with Crippen molar-refractivity contribution in [3.8, 4) is 5.69 Å². The second-order valence-electron chi connectivity index (χ2n) is 6.52. The number of para-hydroxylation sites is 1. The second-order valence-corrected chi connectivity index (χ2v) is 6.88. The van der Waals surface area contributed by atoms with Gasteiger partial charge < -0.3 is 15.1 Å². The molecular formula is C20H24ClN5O2. The first kappa shape index (κ1) is 19.9. The minimum Gasteiger partial charge on any atom is -0.338 e. The molecular weight excluding hydrogens is 378 g/mol. The molecule has 8 heteroatoms. The average molecular weight is 402 g/mol. The Morgan fingerprint density at radius 1 is 1.14 bits per heavy atom. The number of rotatable bonds is 4. The van der Waals surface area contributed by atoms with Gasteiger partial charge in [-0.3, -0.25) is 4.79 Å². The van der Waals surface area contributed by atoms with Gasteiger partial charge in [-0.05, 0) is 32.1 Å². The van der Waals surface area contributed by atoms with E-state index in [9.17, 15) is 9.59 Å². The largest absolute Gasteiger partial charge is 0.338 e. The van der Waals surface area contributed by atoms with Crippen molar-refractivity contribution in [3.05, 3.63) is 52.8 Å². The van der Waals surface area contributed by atoms with Gasteiger partial charge in [-0.2, -0.15) is 5.10 Å². The van der Waals surface area contributed by atoms with Crippen LogP contribution in [0.2, 0.25) is 5.15 Å². The summed E-state index contributed by atoms with van der Waals surface area (Å²) in [7, 11) is 0. The van der Waals surface area contributed by atoms with Gasteiger partial charge in [0.15, 0.2) is 0 Å². The second kappa shape index (κ2) is 8.93. The summed E-state index contributed by atoms with van der Waals surface area (Å²) in [4.78, 5) is 27.8. The minimum atomic E-state index is -0.0986. The van der Waals surface area contributed by atoms with E-state index in [1.807, 2.05) is 44.2 Å². The first-order valence-corrected chi connectivity index (χ1v) is 9.69. The van der Waals surface area contributed by atoms with Crippen LogP contribution in [0.4, 0.5) is 4.79 Å². The van der Waals surface area contributed by atoms with E-state index in [1.54, 1.807) is 20.6 Å². The number of benzene rings is 1. The molecule has 1 aliphatic heterocycles. The van der Waals surface area contributed by atoms with Gasteiger partial charge in [0.2, 0.25) is 5.91 Å². The summed E-state index contributed by atoms with van der Waals surface area (Å²) < 4.78 is 1.66. The lowest BCUT2D eigenvalue weighted by Gasteiger charge is -2.34. The molecule has 3 rings (SSSR count). The summed E-state index contributed by atoms with van der Waals surface area (Å²) >= 11 is 6.49. The predicted molar refractivity (Wildman–Crippen MR) is 110 cm³/mol. The molecule has 28 heavy (non-hydrogen) atoms. The molecule has 148 valence electrons. The molecule has 1 saturated heterocycles. The molecule has 2 aromatic rings. The summed E-state index contributed by atoms with van der Waals surface area (Å²) in [5, 5.41) is 7.72. The molecule has 0 bridgehead atoms. The van der Waals surface area contributed by atoms with E-state index >= 15 is 0 Å². The van der Waals surface area contributed by atoms with Crippen LogP contribution in [-0.2, 0) is 4.79 Å². The van der Waals surface area contributed by atoms with Crippen LogP contribution in [0.5, 0.6) is 0 Å². The number of aryl methyl sites for hydroxylation is 1. The molecule has 1 aromatic carbocycles. The highest BCUT2D eigenvalue weighted by Crippen LogP contribution is 2.24. The molecule has 1 N–H and O–H groups in total. The summed E-state index contributed by atoms with van der Waals surface area (Å²) in [5.74, 6) is -0.0986. The van der Waals surface area contributed by atoms with Gasteiger partial charge in [0, 0.05) is 44.4 Å². The number of nitrogens with zero attached hydrogens (tertiary/aromatic N) is 4. The van der Waals surface area contributed by atoms with Gasteiger partial charge >= 0.3 is 6.03 Å². The Morgan fingerprint density at radius 3 is 2.43 bits per heavy atom. The van der Waals surface area contributed by atoms with Crippen molar-refractivity contribution < 1.29 is 9.59 Å². The zero-order valence-electron chi connectivity index (χ0n) is 16.1. The molecule has 0 unspecified atom stereocenters. The van der Waals surface area contributed by atoms with Crippen LogP contribution in [0.15, 0.2) is 36.4 Å². The van der Waals surface area contributed by atoms with E-state index in [0.717, 1.165) is 16.9 Å². The quantitative estimate of drug-likeness (QED) is 0.801. The highest BCUT2D eigenvalue weighted by atomic mass is 35.5. The molecule has 1 aliphatic rings. The standard InChI is InChI=1S/C20H24ClN5O2/c1-3-22-20(28)25-13-11-24(12-14-25)18(27)10-9-17-15(2)23-26(19(17)21)16-7-5-4-6-8-16/h4-10H,3,11-14H2,1-2H3,(H,22,28). The lowest BCUT2D eigenvalue weighted by molar-refractivity contribution is -0.127. The lowest BCUT2D eigenvalue weighted by Crippen LogP contribution is -2.52. The van der Waals surface area contributed by atoms with Crippen LogP contribution < -0.4 is 5.32 Å². The maximum absolute atomic E-state index is 12.5. The minimum absolute atomic E-state index is 0.0825. The Labute approximate surface area is 169 Å². The number of halogens is 1.